The van der Waals surface area contributed by atoms with Crippen molar-refractivity contribution in [3.8, 4) is 11.5 Å². The van der Waals surface area contributed by atoms with Gasteiger partial charge in [0.1, 0.15) is 18.1 Å². The zero-order chi connectivity index (χ0) is 15.6. The number of para-hydroxylation sites is 1. The normalized spacial score (nSPS) is 18.5. The molecular weight excluding hydrogens is 276 g/mol. The highest BCUT2D eigenvalue weighted by Crippen LogP contribution is 2.52. The van der Waals surface area contributed by atoms with Gasteiger partial charge in [-0.05, 0) is 41.7 Å². The van der Waals surface area contributed by atoms with Crippen molar-refractivity contribution < 1.29 is 14.3 Å². The van der Waals surface area contributed by atoms with Gasteiger partial charge >= 0.3 is 5.97 Å². The van der Waals surface area contributed by atoms with Crippen molar-refractivity contribution in [3.05, 3.63) is 60.2 Å². The molecule has 0 heterocycles. The Morgan fingerprint density at radius 2 is 1.77 bits per heavy atom. The zero-order valence-corrected chi connectivity index (χ0v) is 12.9. The monoisotopic (exact) mass is 296 g/mol. The number of hydrogen-bond acceptors (Lipinski definition) is 3. The second kappa shape index (κ2) is 5.84. The van der Waals surface area contributed by atoms with Crippen molar-refractivity contribution in [2.75, 3.05) is 0 Å². The summed E-state index contributed by atoms with van der Waals surface area (Å²) in [7, 11) is 0. The van der Waals surface area contributed by atoms with Crippen LogP contribution in [0.25, 0.3) is 0 Å². The van der Waals surface area contributed by atoms with Crippen molar-refractivity contribution in [3.63, 3.8) is 0 Å². The van der Waals surface area contributed by atoms with Crippen molar-refractivity contribution in [2.45, 2.75) is 26.9 Å². The first kappa shape index (κ1) is 14.6. The van der Waals surface area contributed by atoms with Crippen LogP contribution in [0.3, 0.4) is 0 Å². The molecule has 3 rings (SSSR count). The van der Waals surface area contributed by atoms with Gasteiger partial charge in [0.25, 0.3) is 0 Å². The number of rotatable bonds is 5. The van der Waals surface area contributed by atoms with Crippen LogP contribution in [-0.4, -0.2) is 5.97 Å². The highest BCUT2D eigenvalue weighted by atomic mass is 16.5. The molecule has 0 N–H and O–H groups in total. The molecule has 1 fully saturated rings. The minimum absolute atomic E-state index is 0.0521. The molecule has 3 heteroatoms. The topological polar surface area (TPSA) is 35.5 Å². The Labute approximate surface area is 130 Å². The maximum absolute atomic E-state index is 11.9. The highest BCUT2D eigenvalue weighted by Gasteiger charge is 2.51. The van der Waals surface area contributed by atoms with E-state index in [2.05, 4.69) is 13.8 Å². The fourth-order valence-electron chi connectivity index (χ4n) is 2.45. The minimum atomic E-state index is -0.0978. The Kier molecular flexibility index (Phi) is 3.88. The predicted octanol–water partition coefficient (Wildman–Crippen LogP) is 4.57. The summed E-state index contributed by atoms with van der Waals surface area (Å²) in [6.45, 7) is 4.47. The summed E-state index contributed by atoms with van der Waals surface area (Å²) in [5, 5.41) is 0. The Hall–Kier alpha value is -2.29. The number of ether oxygens (including phenoxy) is 2. The van der Waals surface area contributed by atoms with E-state index in [1.54, 1.807) is 0 Å². The fraction of sp³-hybridized carbons (Fsp3) is 0.316. The van der Waals surface area contributed by atoms with Gasteiger partial charge in [-0.25, -0.2) is 0 Å². The van der Waals surface area contributed by atoms with Crippen LogP contribution in [0.15, 0.2) is 54.6 Å². The van der Waals surface area contributed by atoms with Crippen molar-refractivity contribution in [2.24, 2.45) is 11.3 Å². The van der Waals surface area contributed by atoms with Crippen LogP contribution in [0.2, 0.25) is 0 Å². The first-order valence-electron chi connectivity index (χ1n) is 7.53. The lowest BCUT2D eigenvalue weighted by Gasteiger charge is -2.09. The second-order valence-electron chi connectivity index (χ2n) is 6.42. The average molecular weight is 296 g/mol. The molecule has 0 aliphatic heterocycles. The number of benzene rings is 2. The van der Waals surface area contributed by atoms with Crippen LogP contribution >= 0.6 is 0 Å². The van der Waals surface area contributed by atoms with E-state index < -0.39 is 0 Å². The van der Waals surface area contributed by atoms with Gasteiger partial charge < -0.3 is 9.47 Å². The molecule has 1 saturated carbocycles. The summed E-state index contributed by atoms with van der Waals surface area (Å²) in [6.07, 6.45) is 0.920. The van der Waals surface area contributed by atoms with E-state index in [0.29, 0.717) is 0 Å². The van der Waals surface area contributed by atoms with Crippen LogP contribution in [0.5, 0.6) is 11.5 Å². The molecule has 1 atom stereocenters. The quantitative estimate of drug-likeness (QED) is 0.758. The van der Waals surface area contributed by atoms with Gasteiger partial charge in [0.15, 0.2) is 0 Å². The maximum Gasteiger partial charge on any atom is 0.309 e. The first-order chi connectivity index (χ1) is 10.5. The maximum atomic E-state index is 11.9. The van der Waals surface area contributed by atoms with Gasteiger partial charge in [-0.1, -0.05) is 44.2 Å². The largest absolute Gasteiger partial charge is 0.461 e. The number of esters is 1. The van der Waals surface area contributed by atoms with E-state index in [1.165, 1.54) is 0 Å². The molecule has 0 radical (unpaired) electrons. The van der Waals surface area contributed by atoms with Crippen LogP contribution in [-0.2, 0) is 16.1 Å². The molecule has 2 aromatic rings. The lowest BCUT2D eigenvalue weighted by molar-refractivity contribution is -0.147. The third-order valence-electron chi connectivity index (χ3n) is 4.06. The van der Waals surface area contributed by atoms with Gasteiger partial charge in [0.2, 0.25) is 0 Å². The zero-order valence-electron chi connectivity index (χ0n) is 12.9. The van der Waals surface area contributed by atoms with Crippen LogP contribution in [0, 0.1) is 11.3 Å². The van der Waals surface area contributed by atoms with Gasteiger partial charge in [0, 0.05) is 0 Å². The SMILES string of the molecule is CC1(C)CC1C(=O)OCc1cccc(Oc2ccccc2)c1. The van der Waals surface area contributed by atoms with E-state index in [4.69, 9.17) is 9.47 Å². The Morgan fingerprint density at radius 1 is 1.09 bits per heavy atom. The predicted molar refractivity (Wildman–Crippen MR) is 84.6 cm³/mol. The van der Waals surface area contributed by atoms with Crippen LogP contribution in [0.1, 0.15) is 25.8 Å². The molecule has 22 heavy (non-hydrogen) atoms. The standard InChI is InChI=1S/C19H20O3/c1-19(2)12-17(19)18(20)21-13-14-7-6-10-16(11-14)22-15-8-4-3-5-9-15/h3-11,17H,12-13H2,1-2H3. The number of hydrogen-bond donors (Lipinski definition) is 0. The molecule has 1 aliphatic rings. The van der Waals surface area contributed by atoms with Crippen molar-refractivity contribution in [1.29, 1.82) is 0 Å². The highest BCUT2D eigenvalue weighted by molar-refractivity contribution is 5.76. The van der Waals surface area contributed by atoms with Gasteiger partial charge in [-0.2, -0.15) is 0 Å². The molecular formula is C19H20O3. The van der Waals surface area contributed by atoms with E-state index in [1.807, 2.05) is 54.6 Å². The molecule has 1 aliphatic carbocycles. The van der Waals surface area contributed by atoms with Crippen molar-refractivity contribution >= 4 is 5.97 Å². The first-order valence-corrected chi connectivity index (χ1v) is 7.53. The number of carbonyl (C=O) groups excluding carboxylic acids is 1. The van der Waals surface area contributed by atoms with Crippen molar-refractivity contribution in [1.82, 2.24) is 0 Å². The van der Waals surface area contributed by atoms with E-state index >= 15 is 0 Å². The molecule has 0 amide bonds. The lowest BCUT2D eigenvalue weighted by Crippen LogP contribution is -2.10. The molecule has 0 saturated heterocycles. The summed E-state index contributed by atoms with van der Waals surface area (Å²) in [5.74, 6) is 1.48. The molecule has 2 aromatic carbocycles. The molecule has 1 unspecified atom stereocenters. The Morgan fingerprint density at radius 3 is 2.45 bits per heavy atom. The summed E-state index contributed by atoms with van der Waals surface area (Å²) >= 11 is 0. The Balaban J connectivity index is 1.58. The van der Waals surface area contributed by atoms with Gasteiger partial charge in [0.05, 0.1) is 5.92 Å². The molecule has 0 aromatic heterocycles. The molecule has 0 bridgehead atoms. The third-order valence-corrected chi connectivity index (χ3v) is 4.06. The van der Waals surface area contributed by atoms with E-state index in [0.717, 1.165) is 23.5 Å². The van der Waals surface area contributed by atoms with E-state index in [-0.39, 0.29) is 23.9 Å². The lowest BCUT2D eigenvalue weighted by atomic mass is 10.1. The van der Waals surface area contributed by atoms with Crippen LogP contribution in [0.4, 0.5) is 0 Å². The summed E-state index contributed by atoms with van der Waals surface area (Å²) in [5.41, 5.74) is 1.04. The van der Waals surface area contributed by atoms with E-state index in [9.17, 15) is 4.79 Å². The summed E-state index contributed by atoms with van der Waals surface area (Å²) in [4.78, 5) is 11.9. The summed E-state index contributed by atoms with van der Waals surface area (Å²) < 4.78 is 11.2. The smallest absolute Gasteiger partial charge is 0.309 e. The third kappa shape index (κ3) is 3.48. The molecule has 0 spiro atoms. The molecule has 3 nitrogen and oxygen atoms in total. The minimum Gasteiger partial charge on any atom is -0.461 e. The van der Waals surface area contributed by atoms with Crippen LogP contribution < -0.4 is 4.74 Å². The number of carbonyl (C=O) groups is 1. The van der Waals surface area contributed by atoms with Gasteiger partial charge in [-0.3, -0.25) is 4.79 Å². The Bertz CT molecular complexity index is 661. The van der Waals surface area contributed by atoms with Gasteiger partial charge in [-0.15, -0.1) is 0 Å². The average Bonchev–Trinajstić information content (AvgIpc) is 3.15. The fourth-order valence-corrected chi connectivity index (χ4v) is 2.45. The molecule has 114 valence electrons. The second-order valence-corrected chi connectivity index (χ2v) is 6.42. The summed E-state index contributed by atoms with van der Waals surface area (Å²) in [6, 6.07) is 17.2.